The van der Waals surface area contributed by atoms with E-state index in [9.17, 15) is 4.79 Å². The number of nitrogens with zero attached hydrogens (tertiary/aromatic N) is 1. The predicted octanol–water partition coefficient (Wildman–Crippen LogP) is 0.909. The summed E-state index contributed by atoms with van der Waals surface area (Å²) in [5, 5.41) is 5.72. The van der Waals surface area contributed by atoms with Gasteiger partial charge in [0.1, 0.15) is 11.9 Å². The maximum Gasteiger partial charge on any atom is 0.242 e. The van der Waals surface area contributed by atoms with Crippen LogP contribution < -0.4 is 16.4 Å². The summed E-state index contributed by atoms with van der Waals surface area (Å²) >= 11 is 0. The smallest absolute Gasteiger partial charge is 0.242 e. The minimum absolute atomic E-state index is 0.0646. The Morgan fingerprint density at radius 2 is 2.25 bits per heavy atom. The lowest BCUT2D eigenvalue weighted by atomic mass is 10.3. The fourth-order valence-corrected chi connectivity index (χ4v) is 1.28. The standard InChI is InChI=1S/C11H18N4O/c1-4-13-11(16)8(3)15-10-9(12)6-5-7(2)14-10/h5-6,8H,4,12H2,1-3H3,(H,13,16)(H,14,15). The molecule has 1 unspecified atom stereocenters. The van der Waals surface area contributed by atoms with Crippen LogP contribution in [0.25, 0.3) is 0 Å². The van der Waals surface area contributed by atoms with Crippen molar-refractivity contribution in [1.29, 1.82) is 0 Å². The third-order valence-corrected chi connectivity index (χ3v) is 2.16. The normalized spacial score (nSPS) is 11.9. The first-order chi connectivity index (χ1) is 7.54. The van der Waals surface area contributed by atoms with Crippen LogP contribution in [0.5, 0.6) is 0 Å². The summed E-state index contributed by atoms with van der Waals surface area (Å²) in [4.78, 5) is 15.7. The second-order valence-electron chi connectivity index (χ2n) is 3.65. The maximum absolute atomic E-state index is 11.5. The first-order valence-corrected chi connectivity index (χ1v) is 5.32. The van der Waals surface area contributed by atoms with Crippen LogP contribution >= 0.6 is 0 Å². The van der Waals surface area contributed by atoms with E-state index < -0.39 is 0 Å². The number of rotatable bonds is 4. The van der Waals surface area contributed by atoms with Crippen LogP contribution in [-0.4, -0.2) is 23.5 Å². The van der Waals surface area contributed by atoms with Crippen LogP contribution in [0.1, 0.15) is 19.5 Å². The van der Waals surface area contributed by atoms with E-state index in [1.165, 1.54) is 0 Å². The number of pyridine rings is 1. The first kappa shape index (κ1) is 12.3. The van der Waals surface area contributed by atoms with E-state index in [0.29, 0.717) is 18.1 Å². The van der Waals surface area contributed by atoms with Crippen LogP contribution in [0.4, 0.5) is 11.5 Å². The van der Waals surface area contributed by atoms with Gasteiger partial charge in [0, 0.05) is 12.2 Å². The Balaban J connectivity index is 2.72. The Morgan fingerprint density at radius 3 is 2.88 bits per heavy atom. The van der Waals surface area contributed by atoms with Crippen molar-refractivity contribution >= 4 is 17.4 Å². The lowest BCUT2D eigenvalue weighted by Crippen LogP contribution is -2.37. The Kier molecular flexibility index (Phi) is 4.10. The molecule has 0 aliphatic rings. The molecule has 0 aliphatic heterocycles. The average molecular weight is 222 g/mol. The summed E-state index contributed by atoms with van der Waals surface area (Å²) in [7, 11) is 0. The predicted molar refractivity (Wildman–Crippen MR) is 65.2 cm³/mol. The lowest BCUT2D eigenvalue weighted by Gasteiger charge is -2.15. The number of carbonyl (C=O) groups is 1. The number of likely N-dealkylation sites (N-methyl/N-ethyl adjacent to an activating group) is 1. The largest absolute Gasteiger partial charge is 0.396 e. The molecule has 88 valence electrons. The van der Waals surface area contributed by atoms with Crippen LogP contribution in [0.15, 0.2) is 12.1 Å². The number of anilines is 2. The Hall–Kier alpha value is -1.78. The number of amides is 1. The van der Waals surface area contributed by atoms with Gasteiger partial charge >= 0.3 is 0 Å². The number of aromatic nitrogens is 1. The van der Waals surface area contributed by atoms with Gasteiger partial charge in [-0.05, 0) is 32.9 Å². The third kappa shape index (κ3) is 3.12. The summed E-state index contributed by atoms with van der Waals surface area (Å²) in [6.07, 6.45) is 0. The highest BCUT2D eigenvalue weighted by Gasteiger charge is 2.13. The van der Waals surface area contributed by atoms with Gasteiger partial charge in [0.25, 0.3) is 0 Å². The number of hydrogen-bond acceptors (Lipinski definition) is 4. The van der Waals surface area contributed by atoms with Crippen molar-refractivity contribution < 1.29 is 4.79 Å². The van der Waals surface area contributed by atoms with Crippen LogP contribution in [0.2, 0.25) is 0 Å². The minimum Gasteiger partial charge on any atom is -0.396 e. The molecule has 0 aliphatic carbocycles. The molecule has 1 amide bonds. The average Bonchev–Trinajstić information content (AvgIpc) is 2.23. The molecule has 0 bridgehead atoms. The molecule has 1 heterocycles. The Bertz CT molecular complexity index is 378. The molecular formula is C11H18N4O. The number of carbonyl (C=O) groups excluding carboxylic acids is 1. The Labute approximate surface area is 95.4 Å². The summed E-state index contributed by atoms with van der Waals surface area (Å²) in [6, 6.07) is 3.25. The molecule has 1 aromatic rings. The zero-order valence-electron chi connectivity index (χ0n) is 9.87. The molecule has 1 aromatic heterocycles. The topological polar surface area (TPSA) is 80.0 Å². The molecule has 4 N–H and O–H groups in total. The molecule has 1 atom stereocenters. The molecule has 5 heteroatoms. The van der Waals surface area contributed by atoms with E-state index in [4.69, 9.17) is 5.73 Å². The number of aryl methyl sites for hydroxylation is 1. The van der Waals surface area contributed by atoms with E-state index in [1.54, 1.807) is 13.0 Å². The van der Waals surface area contributed by atoms with Crippen molar-refractivity contribution in [2.45, 2.75) is 26.8 Å². The molecule has 0 saturated heterocycles. The lowest BCUT2D eigenvalue weighted by molar-refractivity contribution is -0.121. The van der Waals surface area contributed by atoms with Crippen LogP contribution in [0.3, 0.4) is 0 Å². The van der Waals surface area contributed by atoms with E-state index in [2.05, 4.69) is 15.6 Å². The molecule has 0 radical (unpaired) electrons. The van der Waals surface area contributed by atoms with Gasteiger partial charge in [-0.15, -0.1) is 0 Å². The minimum atomic E-state index is -0.350. The van der Waals surface area contributed by atoms with Gasteiger partial charge in [0.15, 0.2) is 0 Å². The molecule has 16 heavy (non-hydrogen) atoms. The van der Waals surface area contributed by atoms with Gasteiger partial charge in [-0.1, -0.05) is 0 Å². The number of nitrogen functional groups attached to an aromatic ring is 1. The van der Waals surface area contributed by atoms with E-state index in [1.807, 2.05) is 19.9 Å². The van der Waals surface area contributed by atoms with Crippen LogP contribution in [0, 0.1) is 6.92 Å². The molecule has 1 rings (SSSR count). The molecule has 0 saturated carbocycles. The van der Waals surface area contributed by atoms with Gasteiger partial charge in [-0.3, -0.25) is 4.79 Å². The van der Waals surface area contributed by atoms with Crippen molar-refractivity contribution in [3.05, 3.63) is 17.8 Å². The van der Waals surface area contributed by atoms with Gasteiger partial charge < -0.3 is 16.4 Å². The van der Waals surface area contributed by atoms with Crippen molar-refractivity contribution in [1.82, 2.24) is 10.3 Å². The van der Waals surface area contributed by atoms with Gasteiger partial charge in [-0.25, -0.2) is 4.98 Å². The fraction of sp³-hybridized carbons (Fsp3) is 0.455. The highest BCUT2D eigenvalue weighted by molar-refractivity contribution is 5.84. The van der Waals surface area contributed by atoms with Gasteiger partial charge in [-0.2, -0.15) is 0 Å². The Morgan fingerprint density at radius 1 is 1.56 bits per heavy atom. The summed E-state index contributed by atoms with van der Waals surface area (Å²) in [5.41, 5.74) is 7.16. The van der Waals surface area contributed by atoms with Crippen molar-refractivity contribution in [2.24, 2.45) is 0 Å². The SMILES string of the molecule is CCNC(=O)C(C)Nc1nc(C)ccc1N. The van der Waals surface area contributed by atoms with Crippen molar-refractivity contribution in [2.75, 3.05) is 17.6 Å². The quantitative estimate of drug-likeness (QED) is 0.707. The number of hydrogen-bond donors (Lipinski definition) is 3. The number of nitrogens with two attached hydrogens (primary N) is 1. The summed E-state index contributed by atoms with van der Waals surface area (Å²) in [5.74, 6) is 0.490. The van der Waals surface area contributed by atoms with E-state index in [-0.39, 0.29) is 11.9 Å². The maximum atomic E-state index is 11.5. The monoisotopic (exact) mass is 222 g/mol. The summed E-state index contributed by atoms with van der Waals surface area (Å²) < 4.78 is 0. The van der Waals surface area contributed by atoms with E-state index in [0.717, 1.165) is 5.69 Å². The van der Waals surface area contributed by atoms with Crippen molar-refractivity contribution in [3.8, 4) is 0 Å². The molecule has 0 aromatic carbocycles. The zero-order valence-corrected chi connectivity index (χ0v) is 9.87. The fourth-order valence-electron chi connectivity index (χ4n) is 1.28. The second-order valence-corrected chi connectivity index (χ2v) is 3.65. The molecule has 5 nitrogen and oxygen atoms in total. The highest BCUT2D eigenvalue weighted by atomic mass is 16.2. The zero-order chi connectivity index (χ0) is 12.1. The van der Waals surface area contributed by atoms with Gasteiger partial charge in [0.2, 0.25) is 5.91 Å². The second kappa shape index (κ2) is 5.34. The first-order valence-electron chi connectivity index (χ1n) is 5.32. The molecule has 0 spiro atoms. The summed E-state index contributed by atoms with van der Waals surface area (Å²) in [6.45, 7) is 6.14. The molecule has 0 fully saturated rings. The third-order valence-electron chi connectivity index (χ3n) is 2.16. The highest BCUT2D eigenvalue weighted by Crippen LogP contribution is 2.16. The number of nitrogens with one attached hydrogen (secondary N) is 2. The van der Waals surface area contributed by atoms with Gasteiger partial charge in [0.05, 0.1) is 5.69 Å². The van der Waals surface area contributed by atoms with Crippen LogP contribution in [-0.2, 0) is 4.79 Å². The van der Waals surface area contributed by atoms with Crippen molar-refractivity contribution in [3.63, 3.8) is 0 Å². The molecular weight excluding hydrogens is 204 g/mol. The van der Waals surface area contributed by atoms with E-state index >= 15 is 0 Å².